The van der Waals surface area contributed by atoms with Gasteiger partial charge in [0.05, 0.1) is 12.7 Å². The molecule has 0 saturated carbocycles. The maximum absolute atomic E-state index is 12.8. The van der Waals surface area contributed by atoms with Crippen LogP contribution in [0.15, 0.2) is 54.7 Å². The quantitative estimate of drug-likeness (QED) is 0.455. The first-order chi connectivity index (χ1) is 16.5. The molecule has 1 aromatic heterocycles. The van der Waals surface area contributed by atoms with Crippen LogP contribution in [0, 0.1) is 13.8 Å². The highest BCUT2D eigenvalue weighted by molar-refractivity contribution is 6.04. The molecule has 0 spiro atoms. The predicted molar refractivity (Wildman–Crippen MR) is 135 cm³/mol. The average Bonchev–Trinajstić information content (AvgIpc) is 2.80. The van der Waals surface area contributed by atoms with Gasteiger partial charge in [0.1, 0.15) is 11.3 Å². The number of hydrogen-bond acceptors (Lipinski definition) is 6. The van der Waals surface area contributed by atoms with E-state index < -0.39 is 23.6 Å². The van der Waals surface area contributed by atoms with Crippen molar-refractivity contribution in [3.63, 3.8) is 0 Å². The van der Waals surface area contributed by atoms with Crippen LogP contribution in [0.3, 0.4) is 0 Å². The van der Waals surface area contributed by atoms with Gasteiger partial charge in [-0.05, 0) is 81.1 Å². The molecule has 0 saturated heterocycles. The summed E-state index contributed by atoms with van der Waals surface area (Å²) < 4.78 is 10.0. The summed E-state index contributed by atoms with van der Waals surface area (Å²) in [5.41, 5.74) is 4.62. The summed E-state index contributed by atoms with van der Waals surface area (Å²) in [6.07, 6.45) is 0.775. The van der Waals surface area contributed by atoms with Gasteiger partial charge < -0.3 is 14.8 Å². The summed E-state index contributed by atoms with van der Waals surface area (Å²) in [7, 11) is 1.28. The van der Waals surface area contributed by atoms with Crippen LogP contribution in [0.2, 0.25) is 0 Å². The number of esters is 1. The SMILES string of the molecule is COC(=O)c1ccc(C(=O)Nc2cccc(-c3cccc(NC(=O)OC(C)(C)C)c3C)c2C)nc1. The Morgan fingerprint density at radius 3 is 1.89 bits per heavy atom. The summed E-state index contributed by atoms with van der Waals surface area (Å²) in [5, 5.41) is 5.69. The number of hydrogen-bond donors (Lipinski definition) is 2. The molecule has 0 atom stereocenters. The molecule has 3 rings (SSSR count). The maximum Gasteiger partial charge on any atom is 0.412 e. The normalized spacial score (nSPS) is 10.9. The number of benzene rings is 2. The number of ether oxygens (including phenoxy) is 2. The molecule has 0 fully saturated rings. The number of nitrogens with one attached hydrogen (secondary N) is 2. The molecule has 8 nitrogen and oxygen atoms in total. The van der Waals surface area contributed by atoms with Crippen LogP contribution in [0.25, 0.3) is 11.1 Å². The molecule has 1 heterocycles. The third-order valence-corrected chi connectivity index (χ3v) is 5.26. The van der Waals surface area contributed by atoms with E-state index in [0.29, 0.717) is 11.4 Å². The van der Waals surface area contributed by atoms with E-state index in [9.17, 15) is 14.4 Å². The minimum absolute atomic E-state index is 0.169. The van der Waals surface area contributed by atoms with Crippen molar-refractivity contribution < 1.29 is 23.9 Å². The van der Waals surface area contributed by atoms with E-state index in [1.807, 2.05) is 65.0 Å². The Morgan fingerprint density at radius 2 is 1.40 bits per heavy atom. The van der Waals surface area contributed by atoms with Gasteiger partial charge in [0, 0.05) is 17.6 Å². The van der Waals surface area contributed by atoms with Crippen molar-refractivity contribution in [2.45, 2.75) is 40.2 Å². The smallest absolute Gasteiger partial charge is 0.412 e. The van der Waals surface area contributed by atoms with Crippen LogP contribution >= 0.6 is 0 Å². The number of nitrogens with zero attached hydrogens (tertiary/aromatic N) is 1. The Balaban J connectivity index is 1.85. The number of rotatable bonds is 5. The van der Waals surface area contributed by atoms with Gasteiger partial charge in [0.15, 0.2) is 0 Å². The van der Waals surface area contributed by atoms with E-state index in [0.717, 1.165) is 22.3 Å². The van der Waals surface area contributed by atoms with Gasteiger partial charge in [0.2, 0.25) is 0 Å². The Labute approximate surface area is 204 Å². The fourth-order valence-corrected chi connectivity index (χ4v) is 3.49. The van der Waals surface area contributed by atoms with E-state index >= 15 is 0 Å². The first-order valence-electron chi connectivity index (χ1n) is 11.1. The zero-order chi connectivity index (χ0) is 25.8. The van der Waals surface area contributed by atoms with E-state index in [1.165, 1.54) is 25.4 Å². The lowest BCUT2D eigenvalue weighted by atomic mass is 9.94. The fourth-order valence-electron chi connectivity index (χ4n) is 3.49. The van der Waals surface area contributed by atoms with Crippen LogP contribution < -0.4 is 10.6 Å². The number of methoxy groups -OCH3 is 1. The monoisotopic (exact) mass is 475 g/mol. The Morgan fingerprint density at radius 1 is 0.829 bits per heavy atom. The van der Waals surface area contributed by atoms with E-state index in [2.05, 4.69) is 20.4 Å². The molecule has 8 heteroatoms. The van der Waals surface area contributed by atoms with E-state index in [4.69, 9.17) is 4.74 Å². The molecule has 3 aromatic rings. The number of carbonyl (C=O) groups is 3. The van der Waals surface area contributed by atoms with Crippen LogP contribution in [0.1, 0.15) is 52.7 Å². The van der Waals surface area contributed by atoms with E-state index in [1.54, 1.807) is 6.07 Å². The first kappa shape index (κ1) is 25.4. The highest BCUT2D eigenvalue weighted by atomic mass is 16.6. The van der Waals surface area contributed by atoms with Crippen molar-refractivity contribution in [3.8, 4) is 11.1 Å². The minimum atomic E-state index is -0.604. The number of amides is 2. The van der Waals surface area contributed by atoms with Crippen LogP contribution in [-0.2, 0) is 9.47 Å². The highest BCUT2D eigenvalue weighted by Gasteiger charge is 2.18. The molecule has 0 radical (unpaired) electrons. The summed E-state index contributed by atoms with van der Waals surface area (Å²) in [6, 6.07) is 14.2. The molecule has 0 bridgehead atoms. The largest absolute Gasteiger partial charge is 0.465 e. The van der Waals surface area contributed by atoms with Gasteiger partial charge in [-0.3, -0.25) is 15.1 Å². The second-order valence-corrected chi connectivity index (χ2v) is 8.96. The van der Waals surface area contributed by atoms with Gasteiger partial charge in [-0.1, -0.05) is 24.3 Å². The van der Waals surface area contributed by atoms with Gasteiger partial charge in [-0.25, -0.2) is 9.59 Å². The Kier molecular flexibility index (Phi) is 7.54. The van der Waals surface area contributed by atoms with Crippen molar-refractivity contribution in [1.29, 1.82) is 0 Å². The molecule has 2 N–H and O–H groups in total. The third-order valence-electron chi connectivity index (χ3n) is 5.26. The molecule has 0 unspecified atom stereocenters. The van der Waals surface area contributed by atoms with Crippen molar-refractivity contribution in [2.24, 2.45) is 0 Å². The van der Waals surface area contributed by atoms with Gasteiger partial charge in [0.25, 0.3) is 5.91 Å². The molecular weight excluding hydrogens is 446 g/mol. The maximum atomic E-state index is 12.8. The third kappa shape index (κ3) is 6.23. The number of pyridine rings is 1. The Bertz CT molecular complexity index is 1260. The van der Waals surface area contributed by atoms with E-state index in [-0.39, 0.29) is 11.3 Å². The van der Waals surface area contributed by atoms with Crippen LogP contribution in [0.5, 0.6) is 0 Å². The first-order valence-corrected chi connectivity index (χ1v) is 11.1. The lowest BCUT2D eigenvalue weighted by Crippen LogP contribution is -2.27. The molecule has 0 aliphatic heterocycles. The average molecular weight is 476 g/mol. The second kappa shape index (κ2) is 10.4. The number of carbonyl (C=O) groups excluding carboxylic acids is 3. The summed E-state index contributed by atoms with van der Waals surface area (Å²) in [4.78, 5) is 40.7. The predicted octanol–water partition coefficient (Wildman–Crippen LogP) is 5.75. The zero-order valence-electron chi connectivity index (χ0n) is 20.7. The zero-order valence-corrected chi connectivity index (χ0v) is 20.7. The van der Waals surface area contributed by atoms with Crippen molar-refractivity contribution >= 4 is 29.3 Å². The standard InChI is InChI=1S/C27H29N3O5/c1-16-19(20-10-8-12-22(17(20)2)30-26(33)35-27(3,4)5)9-7-11-21(16)29-24(31)23-14-13-18(15-28-23)25(32)34-6/h7-15H,1-6H3,(H,29,31)(H,30,33). The highest BCUT2D eigenvalue weighted by Crippen LogP contribution is 2.34. The summed E-state index contributed by atoms with van der Waals surface area (Å²) in [5.74, 6) is -0.925. The van der Waals surface area contributed by atoms with Gasteiger partial charge in [-0.2, -0.15) is 0 Å². The lowest BCUT2D eigenvalue weighted by molar-refractivity contribution is 0.0597. The number of anilines is 2. The molecule has 2 aromatic carbocycles. The van der Waals surface area contributed by atoms with Crippen molar-refractivity contribution in [3.05, 3.63) is 77.1 Å². The molecule has 35 heavy (non-hydrogen) atoms. The topological polar surface area (TPSA) is 107 Å². The van der Waals surface area contributed by atoms with Crippen molar-refractivity contribution in [2.75, 3.05) is 17.7 Å². The van der Waals surface area contributed by atoms with Crippen LogP contribution in [-0.4, -0.2) is 35.7 Å². The number of aromatic nitrogens is 1. The Hall–Kier alpha value is -4.20. The molecular formula is C27H29N3O5. The van der Waals surface area contributed by atoms with Crippen molar-refractivity contribution in [1.82, 2.24) is 4.98 Å². The molecule has 2 amide bonds. The summed E-state index contributed by atoms with van der Waals surface area (Å²) >= 11 is 0. The minimum Gasteiger partial charge on any atom is -0.465 e. The summed E-state index contributed by atoms with van der Waals surface area (Å²) in [6.45, 7) is 9.25. The van der Waals surface area contributed by atoms with Crippen LogP contribution in [0.4, 0.5) is 16.2 Å². The molecule has 0 aliphatic carbocycles. The lowest BCUT2D eigenvalue weighted by Gasteiger charge is -2.21. The molecule has 182 valence electrons. The van der Waals surface area contributed by atoms with Gasteiger partial charge in [-0.15, -0.1) is 0 Å². The molecule has 0 aliphatic rings. The second-order valence-electron chi connectivity index (χ2n) is 8.96. The van der Waals surface area contributed by atoms with Gasteiger partial charge >= 0.3 is 12.1 Å². The fraction of sp³-hybridized carbons (Fsp3) is 0.259.